The first-order valence-electron chi connectivity index (χ1n) is 8.07. The summed E-state index contributed by atoms with van der Waals surface area (Å²) in [6, 6.07) is 10.8. The predicted molar refractivity (Wildman–Crippen MR) is 89.7 cm³/mol. The number of hydrogen-bond donors (Lipinski definition) is 1. The lowest BCUT2D eigenvalue weighted by Gasteiger charge is -2.28. The second kappa shape index (κ2) is 7.36. The first-order valence-corrected chi connectivity index (χ1v) is 8.07. The highest BCUT2D eigenvalue weighted by molar-refractivity contribution is 5.28. The molecule has 1 saturated heterocycles. The molecule has 0 amide bonds. The summed E-state index contributed by atoms with van der Waals surface area (Å²) in [4.78, 5) is 10.8. The average Bonchev–Trinajstić information content (AvgIpc) is 2.57. The van der Waals surface area contributed by atoms with Crippen molar-refractivity contribution < 1.29 is 0 Å². The second-order valence-electron chi connectivity index (χ2n) is 6.19. The molecule has 116 valence electrons. The van der Waals surface area contributed by atoms with Crippen LogP contribution in [-0.2, 0) is 13.0 Å². The molecule has 2 heterocycles. The molecule has 0 atom stereocenters. The molecule has 0 saturated carbocycles. The molecule has 1 aromatic carbocycles. The van der Waals surface area contributed by atoms with Crippen LogP contribution in [0.3, 0.4) is 0 Å². The second-order valence-corrected chi connectivity index (χ2v) is 6.19. The number of likely N-dealkylation sites (tertiary alicyclic amines) is 1. The first kappa shape index (κ1) is 15.0. The number of anilines is 1. The lowest BCUT2D eigenvalue weighted by Crippen LogP contribution is -2.30. The molecule has 1 fully saturated rings. The summed E-state index contributed by atoms with van der Waals surface area (Å²) in [5, 5.41) is 3.24. The van der Waals surface area contributed by atoms with Gasteiger partial charge in [-0.2, -0.15) is 0 Å². The van der Waals surface area contributed by atoms with Gasteiger partial charge in [0.25, 0.3) is 0 Å². The normalized spacial score (nSPS) is 16.6. The molecule has 1 aliphatic heterocycles. The summed E-state index contributed by atoms with van der Waals surface area (Å²) in [6.45, 7) is 3.24. The molecule has 1 aromatic heterocycles. The van der Waals surface area contributed by atoms with Crippen molar-refractivity contribution in [3.8, 4) is 0 Å². The van der Waals surface area contributed by atoms with Gasteiger partial charge < -0.3 is 10.2 Å². The van der Waals surface area contributed by atoms with Gasteiger partial charge >= 0.3 is 0 Å². The Hall–Kier alpha value is -1.94. The van der Waals surface area contributed by atoms with Crippen LogP contribution in [0.5, 0.6) is 0 Å². The Kier molecular flexibility index (Phi) is 5.01. The third-order valence-electron chi connectivity index (χ3n) is 4.40. The van der Waals surface area contributed by atoms with Crippen LogP contribution in [0.15, 0.2) is 42.7 Å². The minimum Gasteiger partial charge on any atom is -0.350 e. The average molecular weight is 296 g/mol. The molecule has 0 radical (unpaired) electrons. The van der Waals surface area contributed by atoms with Crippen LogP contribution < -0.4 is 5.32 Å². The van der Waals surface area contributed by atoms with Crippen LogP contribution in [0.2, 0.25) is 0 Å². The van der Waals surface area contributed by atoms with E-state index in [0.717, 1.165) is 12.5 Å². The Morgan fingerprint density at radius 3 is 2.36 bits per heavy atom. The highest BCUT2D eigenvalue weighted by Crippen LogP contribution is 2.21. The summed E-state index contributed by atoms with van der Waals surface area (Å²) in [5.74, 6) is 1.52. The third kappa shape index (κ3) is 4.28. The van der Waals surface area contributed by atoms with Crippen LogP contribution in [0.4, 0.5) is 5.95 Å². The minimum atomic E-state index is 0.679. The zero-order valence-electron chi connectivity index (χ0n) is 13.2. The van der Waals surface area contributed by atoms with Gasteiger partial charge in [0.2, 0.25) is 5.95 Å². The van der Waals surface area contributed by atoms with E-state index in [9.17, 15) is 0 Å². The van der Waals surface area contributed by atoms with Gasteiger partial charge in [-0.25, -0.2) is 9.97 Å². The molecule has 2 aromatic rings. The largest absolute Gasteiger partial charge is 0.350 e. The fourth-order valence-corrected chi connectivity index (χ4v) is 2.96. The Morgan fingerprint density at radius 2 is 1.68 bits per heavy atom. The quantitative estimate of drug-likeness (QED) is 0.921. The molecule has 1 aliphatic rings. The number of hydrogen-bond acceptors (Lipinski definition) is 4. The van der Waals surface area contributed by atoms with Gasteiger partial charge in [0.05, 0.1) is 0 Å². The Labute approximate surface area is 132 Å². The molecule has 4 nitrogen and oxygen atoms in total. The van der Waals surface area contributed by atoms with E-state index in [4.69, 9.17) is 0 Å². The maximum Gasteiger partial charge on any atom is 0.222 e. The smallest absolute Gasteiger partial charge is 0.222 e. The van der Waals surface area contributed by atoms with Gasteiger partial charge in [0, 0.05) is 18.9 Å². The van der Waals surface area contributed by atoms with Gasteiger partial charge in [-0.05, 0) is 62.5 Å². The maximum atomic E-state index is 4.17. The first-order chi connectivity index (χ1) is 10.8. The number of aromatic nitrogens is 2. The molecule has 0 aliphatic carbocycles. The highest BCUT2D eigenvalue weighted by atomic mass is 15.1. The van der Waals surface area contributed by atoms with Crippen LogP contribution in [0, 0.1) is 5.92 Å². The van der Waals surface area contributed by atoms with Crippen molar-refractivity contribution in [2.45, 2.75) is 25.8 Å². The summed E-state index contributed by atoms with van der Waals surface area (Å²) in [6.07, 6.45) is 7.36. The zero-order valence-corrected chi connectivity index (χ0v) is 13.2. The molecule has 4 heteroatoms. The molecule has 1 N–H and O–H groups in total. The predicted octanol–water partition coefficient (Wildman–Crippen LogP) is 2.97. The van der Waals surface area contributed by atoms with E-state index < -0.39 is 0 Å². The Balaban J connectivity index is 1.50. The van der Waals surface area contributed by atoms with E-state index >= 15 is 0 Å². The van der Waals surface area contributed by atoms with E-state index in [1.54, 1.807) is 12.4 Å². The van der Waals surface area contributed by atoms with Gasteiger partial charge in [-0.15, -0.1) is 0 Å². The summed E-state index contributed by atoms with van der Waals surface area (Å²) >= 11 is 0. The topological polar surface area (TPSA) is 41.0 Å². The Morgan fingerprint density at radius 1 is 1.05 bits per heavy atom. The maximum absolute atomic E-state index is 4.17. The van der Waals surface area contributed by atoms with E-state index in [-0.39, 0.29) is 0 Å². The van der Waals surface area contributed by atoms with Crippen molar-refractivity contribution in [3.05, 3.63) is 53.9 Å². The number of nitrogens with one attached hydrogen (secondary N) is 1. The number of nitrogens with zero attached hydrogens (tertiary/aromatic N) is 3. The van der Waals surface area contributed by atoms with Crippen molar-refractivity contribution in [1.29, 1.82) is 0 Å². The van der Waals surface area contributed by atoms with E-state index in [2.05, 4.69) is 51.5 Å². The summed E-state index contributed by atoms with van der Waals surface area (Å²) in [7, 11) is 2.22. The number of rotatable bonds is 5. The van der Waals surface area contributed by atoms with E-state index in [1.165, 1.54) is 43.5 Å². The van der Waals surface area contributed by atoms with Crippen molar-refractivity contribution >= 4 is 5.95 Å². The zero-order chi connectivity index (χ0) is 15.2. The fraction of sp³-hybridized carbons (Fsp3) is 0.444. The van der Waals surface area contributed by atoms with Crippen LogP contribution >= 0.6 is 0 Å². The lowest BCUT2D eigenvalue weighted by molar-refractivity contribution is 0.219. The molecule has 0 unspecified atom stereocenters. The van der Waals surface area contributed by atoms with Crippen LogP contribution in [0.25, 0.3) is 0 Å². The van der Waals surface area contributed by atoms with Crippen molar-refractivity contribution in [3.63, 3.8) is 0 Å². The molecule has 0 bridgehead atoms. The fourth-order valence-electron chi connectivity index (χ4n) is 2.96. The minimum absolute atomic E-state index is 0.679. The van der Waals surface area contributed by atoms with Crippen molar-refractivity contribution in [1.82, 2.24) is 14.9 Å². The van der Waals surface area contributed by atoms with Gasteiger partial charge in [0.1, 0.15) is 0 Å². The highest BCUT2D eigenvalue weighted by Gasteiger charge is 2.16. The molecular formula is C18H24N4. The molecule has 22 heavy (non-hydrogen) atoms. The van der Waals surface area contributed by atoms with Crippen LogP contribution in [-0.4, -0.2) is 35.0 Å². The Bertz CT molecular complexity index is 559. The molecule has 3 rings (SSSR count). The summed E-state index contributed by atoms with van der Waals surface area (Å²) in [5.41, 5.74) is 2.72. The summed E-state index contributed by atoms with van der Waals surface area (Å²) < 4.78 is 0. The number of benzene rings is 1. The van der Waals surface area contributed by atoms with Gasteiger partial charge in [-0.1, -0.05) is 24.3 Å². The third-order valence-corrected chi connectivity index (χ3v) is 4.40. The monoisotopic (exact) mass is 296 g/mol. The van der Waals surface area contributed by atoms with Gasteiger partial charge in [0.15, 0.2) is 0 Å². The van der Waals surface area contributed by atoms with Crippen molar-refractivity contribution in [2.75, 3.05) is 25.5 Å². The standard InChI is InChI=1S/C18H24N4/c1-22-11-7-16(8-12-22)13-15-3-5-17(6-4-15)14-21-18-19-9-2-10-20-18/h2-6,9-10,16H,7-8,11-14H2,1H3,(H,19,20,21). The van der Waals surface area contributed by atoms with E-state index in [0.29, 0.717) is 5.95 Å². The molecule has 0 spiro atoms. The molecular weight excluding hydrogens is 272 g/mol. The van der Waals surface area contributed by atoms with Crippen LogP contribution in [0.1, 0.15) is 24.0 Å². The lowest BCUT2D eigenvalue weighted by atomic mass is 9.90. The van der Waals surface area contributed by atoms with Gasteiger partial charge in [-0.3, -0.25) is 0 Å². The van der Waals surface area contributed by atoms with E-state index in [1.807, 2.05) is 6.07 Å². The SMILES string of the molecule is CN1CCC(Cc2ccc(CNc3ncccn3)cc2)CC1. The van der Waals surface area contributed by atoms with Crippen molar-refractivity contribution in [2.24, 2.45) is 5.92 Å². The number of piperidine rings is 1.